The Kier molecular flexibility index (Phi) is 702. The van der Waals surface area contributed by atoms with Crippen molar-refractivity contribution in [1.82, 2.24) is 0 Å². The van der Waals surface area contributed by atoms with Gasteiger partial charge in [-0.05, 0) is 0 Å². The Morgan fingerprint density at radius 1 is 1.00 bits per heavy atom. The second kappa shape index (κ2) is 76.0. The molecule has 0 aliphatic rings. The van der Waals surface area contributed by atoms with Crippen LogP contribution in [-0.4, -0.2) is 95.4 Å². The van der Waals surface area contributed by atoms with Gasteiger partial charge in [0.05, 0.1) is 0 Å². The van der Waals surface area contributed by atoms with Crippen molar-refractivity contribution in [3.05, 3.63) is 0 Å². The van der Waals surface area contributed by atoms with Gasteiger partial charge in [0.2, 0.25) is 0 Å². The van der Waals surface area contributed by atoms with Crippen molar-refractivity contribution in [2.45, 2.75) is 0 Å². The molecule has 0 saturated carbocycles. The molecule has 0 amide bonds. The zero-order chi connectivity index (χ0) is 0. The van der Waals surface area contributed by atoms with E-state index in [0.717, 1.165) is 0 Å². The van der Waals surface area contributed by atoms with E-state index in [4.69, 9.17) is 0 Å². The Morgan fingerprint density at radius 2 is 1.00 bits per heavy atom. The first-order valence-electron chi connectivity index (χ1n) is 0. The first-order valence-corrected chi connectivity index (χ1v) is 0. The number of rotatable bonds is 0. The van der Waals surface area contributed by atoms with Crippen molar-refractivity contribution >= 4 is 109 Å². The molecule has 0 N–H and O–H groups in total. The van der Waals surface area contributed by atoms with Crippen LogP contribution >= 0.6 is 13.5 Å². The second-order valence-electron chi connectivity index (χ2n) is 0. The Labute approximate surface area is 202 Å². The maximum Gasteiger partial charge on any atom is 0 e. The van der Waals surface area contributed by atoms with Gasteiger partial charge in [0.25, 0.3) is 0 Å². The molecule has 0 aliphatic heterocycles. The average molecular weight is 1140 g/mol. The molecule has 0 atom stereocenters. The van der Waals surface area contributed by atoms with Gasteiger partial charge >= 0.3 is 0 Å². The van der Waals surface area contributed by atoms with Crippen LogP contribution in [0.25, 0.3) is 0 Å². The molecule has 0 fully saturated rings. The summed E-state index contributed by atoms with van der Waals surface area (Å²) in [7, 11) is 0. The molecular formula is H2AgAsAuBiCoCuPbSSnZn. The first-order chi connectivity index (χ1) is 0. The van der Waals surface area contributed by atoms with Crippen LogP contribution in [0.3, 0.4) is 0 Å². The summed E-state index contributed by atoms with van der Waals surface area (Å²) in [5.41, 5.74) is 0. The summed E-state index contributed by atoms with van der Waals surface area (Å²) in [5.74, 6) is 0. The predicted molar refractivity (Wildman–Crippen MR) is 33.4 cm³/mol. The van der Waals surface area contributed by atoms with E-state index in [0.29, 0.717) is 0 Å². The van der Waals surface area contributed by atoms with E-state index in [-0.39, 0.29) is 207 Å². The van der Waals surface area contributed by atoms with E-state index < -0.39 is 0 Å². The largest absolute Gasteiger partial charge is 0.197 e. The third-order valence-corrected chi connectivity index (χ3v) is 0. The van der Waals surface area contributed by atoms with Crippen molar-refractivity contribution in [2.75, 3.05) is 0 Å². The van der Waals surface area contributed by atoms with Crippen LogP contribution in [0.5, 0.6) is 0 Å². The van der Waals surface area contributed by atoms with Gasteiger partial charge in [-0.3, -0.25) is 0 Å². The minimum Gasteiger partial charge on any atom is -0.197 e. The molecule has 0 spiro atoms. The van der Waals surface area contributed by atoms with Gasteiger partial charge in [-0.25, -0.2) is 0 Å². The van der Waals surface area contributed by atoms with Gasteiger partial charge in [-0.15, -0.1) is 0 Å². The maximum absolute atomic E-state index is 0. The molecule has 0 aromatic heterocycles. The van der Waals surface area contributed by atoms with Crippen molar-refractivity contribution in [3.8, 4) is 0 Å². The quantitative estimate of drug-likeness (QED) is 0.262. The van der Waals surface area contributed by atoms with Crippen molar-refractivity contribution in [3.63, 3.8) is 0 Å². The molecule has 0 bridgehead atoms. The predicted octanol–water partition coefficient (Wildman–Crippen LogP) is -1.42. The SMILES string of the molecule is S.[Ag].[As].[Au].[Bi].[Co].[Cu].[Pb].[Sn].[Zn]. The van der Waals surface area contributed by atoms with E-state index in [1.54, 1.807) is 0 Å². The third-order valence-electron chi connectivity index (χ3n) is 0. The molecule has 0 nitrogen and oxygen atoms in total. The number of hydrogen-bond acceptors (Lipinski definition) is 0. The normalized spacial score (nSPS) is 0. The molecule has 10 heavy (non-hydrogen) atoms. The van der Waals surface area contributed by atoms with Gasteiger partial charge in [0.1, 0.15) is 0 Å². The van der Waals surface area contributed by atoms with E-state index in [1.165, 1.54) is 0 Å². The third kappa shape index (κ3) is 61.8. The minimum absolute atomic E-state index is 0. The Bertz CT molecular complexity index is 33.2. The molecular weight excluding hydrogens is 1130 g/mol. The zero-order valence-electron chi connectivity index (χ0n) is 4.34. The van der Waals surface area contributed by atoms with Crippen LogP contribution in [0.4, 0.5) is 0 Å². The molecule has 0 aromatic rings. The van der Waals surface area contributed by atoms with Gasteiger partial charge in [0.15, 0.2) is 0 Å². The summed E-state index contributed by atoms with van der Waals surface area (Å²) in [6, 6.07) is 0. The molecule has 70 valence electrons. The molecule has 0 heterocycles. The number of hydrogen-bond donors (Lipinski definition) is 0. The Hall–Kier alpha value is 6.64. The van der Waals surface area contributed by atoms with Gasteiger partial charge in [0, 0.05) is 193 Å². The van der Waals surface area contributed by atoms with Crippen molar-refractivity contribution in [1.29, 1.82) is 0 Å². The van der Waals surface area contributed by atoms with Gasteiger partial charge in [-0.1, -0.05) is 0 Å². The maximum atomic E-state index is 0. The second-order valence-corrected chi connectivity index (χ2v) is 0. The van der Waals surface area contributed by atoms with Gasteiger partial charge < -0.3 is 0 Å². The van der Waals surface area contributed by atoms with E-state index in [1.807, 2.05) is 0 Å². The minimum atomic E-state index is 0. The first kappa shape index (κ1) is 92.3. The molecule has 10 heteroatoms. The Morgan fingerprint density at radius 3 is 1.00 bits per heavy atom. The van der Waals surface area contributed by atoms with Crippen LogP contribution in [-0.2, 0) is 98.1 Å². The summed E-state index contributed by atoms with van der Waals surface area (Å²) >= 11 is 0. The molecule has 0 unspecified atom stereocenters. The summed E-state index contributed by atoms with van der Waals surface area (Å²) in [6.45, 7) is 0. The van der Waals surface area contributed by atoms with Crippen molar-refractivity contribution < 1.29 is 98.1 Å². The van der Waals surface area contributed by atoms with E-state index in [9.17, 15) is 0 Å². The smallest absolute Gasteiger partial charge is 0 e. The summed E-state index contributed by atoms with van der Waals surface area (Å²) in [5, 5.41) is 0. The Balaban J connectivity index is 0. The summed E-state index contributed by atoms with van der Waals surface area (Å²) in [6.07, 6.45) is 0. The monoisotopic (exact) mass is 1140 g/mol. The molecule has 18 radical (unpaired) electrons. The summed E-state index contributed by atoms with van der Waals surface area (Å²) in [4.78, 5) is 0. The molecule has 0 saturated heterocycles. The fourth-order valence-electron chi connectivity index (χ4n) is 0. The van der Waals surface area contributed by atoms with Crippen LogP contribution < -0.4 is 0 Å². The molecule has 0 rings (SSSR count). The van der Waals surface area contributed by atoms with Crippen LogP contribution in [0.1, 0.15) is 0 Å². The topological polar surface area (TPSA) is 0 Å². The van der Waals surface area contributed by atoms with Crippen LogP contribution in [0.2, 0.25) is 0 Å². The van der Waals surface area contributed by atoms with Crippen LogP contribution in [0.15, 0.2) is 0 Å². The molecule has 0 aliphatic carbocycles. The fraction of sp³-hybridized carbons (Fsp3) is 0. The zero-order valence-corrected chi connectivity index (χ0v) is 26.0. The average Bonchev–Trinajstić information content (AvgIpc) is 0. The van der Waals surface area contributed by atoms with Crippen molar-refractivity contribution in [2.24, 2.45) is 0 Å². The van der Waals surface area contributed by atoms with Gasteiger partial charge in [-0.2, -0.15) is 13.5 Å². The standard InChI is InChI=1S/Ag.As.Au.Bi.Co.Cu.Pb.H2S.Sn.Zn/h;;;;;;;1H2;;. The van der Waals surface area contributed by atoms with Crippen LogP contribution in [0, 0.1) is 0 Å². The fourth-order valence-corrected chi connectivity index (χ4v) is 0. The molecule has 0 aromatic carbocycles. The van der Waals surface area contributed by atoms with E-state index in [2.05, 4.69) is 0 Å². The van der Waals surface area contributed by atoms with E-state index >= 15 is 0 Å². The summed E-state index contributed by atoms with van der Waals surface area (Å²) < 4.78 is 0.